The highest BCUT2D eigenvalue weighted by Crippen LogP contribution is 2.29. The smallest absolute Gasteiger partial charge is 0.323 e. The van der Waals surface area contributed by atoms with Crippen LogP contribution in [0, 0.1) is 6.92 Å². The molecule has 6 nitrogen and oxygen atoms in total. The van der Waals surface area contributed by atoms with Crippen molar-refractivity contribution < 1.29 is 9.53 Å². The van der Waals surface area contributed by atoms with E-state index in [1.807, 2.05) is 11.0 Å². The Kier molecular flexibility index (Phi) is 5.20. The van der Waals surface area contributed by atoms with Crippen LogP contribution in [0.3, 0.4) is 0 Å². The van der Waals surface area contributed by atoms with Crippen molar-refractivity contribution in [3.8, 4) is 0 Å². The lowest BCUT2D eigenvalue weighted by Crippen LogP contribution is -2.36. The summed E-state index contributed by atoms with van der Waals surface area (Å²) in [5, 5.41) is 7.59. The van der Waals surface area contributed by atoms with Crippen LogP contribution in [0.15, 0.2) is 6.07 Å². The van der Waals surface area contributed by atoms with Gasteiger partial charge in [-0.1, -0.05) is 19.3 Å². The highest BCUT2D eigenvalue weighted by molar-refractivity contribution is 5.88. The van der Waals surface area contributed by atoms with Crippen molar-refractivity contribution in [3.05, 3.63) is 11.8 Å². The van der Waals surface area contributed by atoms with Crippen molar-refractivity contribution in [1.29, 1.82) is 0 Å². The number of carbonyl (C=O) groups is 1. The average molecular weight is 320 g/mol. The molecule has 1 N–H and O–H groups in total. The summed E-state index contributed by atoms with van der Waals surface area (Å²) < 4.78 is 7.69. The van der Waals surface area contributed by atoms with E-state index in [4.69, 9.17) is 4.74 Å². The van der Waals surface area contributed by atoms with Gasteiger partial charge in [0, 0.05) is 24.8 Å². The van der Waals surface area contributed by atoms with E-state index in [1.165, 1.54) is 32.1 Å². The van der Waals surface area contributed by atoms with E-state index in [2.05, 4.69) is 28.9 Å². The molecule has 2 heterocycles. The molecule has 1 saturated heterocycles. The van der Waals surface area contributed by atoms with Crippen LogP contribution >= 0.6 is 0 Å². The Morgan fingerprint density at radius 3 is 2.83 bits per heavy atom. The summed E-state index contributed by atoms with van der Waals surface area (Å²) in [6, 6.07) is 2.39. The molecule has 2 fully saturated rings. The number of urea groups is 1. The second kappa shape index (κ2) is 7.34. The molecule has 0 bridgehead atoms. The molecule has 1 aliphatic carbocycles. The first-order valence-corrected chi connectivity index (χ1v) is 8.87. The van der Waals surface area contributed by atoms with Crippen LogP contribution in [-0.4, -0.2) is 46.5 Å². The van der Waals surface area contributed by atoms with Gasteiger partial charge < -0.3 is 9.64 Å². The van der Waals surface area contributed by atoms with Gasteiger partial charge in [-0.2, -0.15) is 5.10 Å². The predicted molar refractivity (Wildman–Crippen MR) is 89.7 cm³/mol. The highest BCUT2D eigenvalue weighted by Gasteiger charge is 2.21. The number of carbonyl (C=O) groups excluding carboxylic acids is 1. The molecule has 0 spiro atoms. The third-order valence-electron chi connectivity index (χ3n) is 4.93. The second-order valence-electron chi connectivity index (χ2n) is 6.79. The molecule has 1 aliphatic heterocycles. The Morgan fingerprint density at radius 2 is 2.04 bits per heavy atom. The molecule has 2 aliphatic rings. The minimum atomic E-state index is -0.0732. The van der Waals surface area contributed by atoms with Crippen LogP contribution in [0.1, 0.15) is 57.2 Å². The van der Waals surface area contributed by atoms with Crippen molar-refractivity contribution >= 4 is 11.8 Å². The quantitative estimate of drug-likeness (QED) is 0.909. The fourth-order valence-corrected chi connectivity index (χ4v) is 3.53. The summed E-state index contributed by atoms with van der Waals surface area (Å²) in [7, 11) is 0. The van der Waals surface area contributed by atoms with E-state index >= 15 is 0 Å². The zero-order valence-corrected chi connectivity index (χ0v) is 14.3. The predicted octanol–water partition coefficient (Wildman–Crippen LogP) is 3.34. The van der Waals surface area contributed by atoms with Gasteiger partial charge in [0.15, 0.2) is 5.82 Å². The maximum Gasteiger partial charge on any atom is 0.323 e. The molecule has 3 rings (SSSR count). The summed E-state index contributed by atoms with van der Waals surface area (Å²) >= 11 is 0. The normalized spacial score (nSPS) is 23.6. The summed E-state index contributed by atoms with van der Waals surface area (Å²) in [6.45, 7) is 6.09. The van der Waals surface area contributed by atoms with Crippen molar-refractivity contribution in [2.75, 3.05) is 25.0 Å². The maximum atomic E-state index is 12.4. The number of hydrogen-bond acceptors (Lipinski definition) is 3. The van der Waals surface area contributed by atoms with Crippen molar-refractivity contribution in [3.63, 3.8) is 0 Å². The van der Waals surface area contributed by atoms with E-state index in [-0.39, 0.29) is 12.1 Å². The number of nitrogens with zero attached hydrogens (tertiary/aromatic N) is 3. The molecule has 2 amide bonds. The molecule has 1 aromatic rings. The lowest BCUT2D eigenvalue weighted by molar-refractivity contribution is 0.0761. The molecule has 1 unspecified atom stereocenters. The molecule has 23 heavy (non-hydrogen) atoms. The number of hydrogen-bond donors (Lipinski definition) is 1. The van der Waals surface area contributed by atoms with Crippen molar-refractivity contribution in [2.24, 2.45) is 0 Å². The fraction of sp³-hybridized carbons (Fsp3) is 0.765. The van der Waals surface area contributed by atoms with Crippen molar-refractivity contribution in [1.82, 2.24) is 14.7 Å². The molecule has 0 radical (unpaired) electrons. The van der Waals surface area contributed by atoms with E-state index in [1.54, 1.807) is 0 Å². The Bertz CT molecular complexity index is 537. The molecular formula is C17H28N4O2. The van der Waals surface area contributed by atoms with Crippen LogP contribution in [-0.2, 0) is 4.74 Å². The number of aromatic nitrogens is 2. The number of rotatable bonds is 2. The van der Waals surface area contributed by atoms with E-state index in [9.17, 15) is 4.79 Å². The SMILES string of the molecule is Cc1cc(NC(=O)N2CCOC(C)CC2)nn1C1CCCCC1. The third-order valence-corrected chi connectivity index (χ3v) is 4.93. The summed E-state index contributed by atoms with van der Waals surface area (Å²) in [5.74, 6) is 0.663. The Balaban J connectivity index is 1.62. The monoisotopic (exact) mass is 320 g/mol. The van der Waals surface area contributed by atoms with Crippen LogP contribution < -0.4 is 5.32 Å². The number of anilines is 1. The van der Waals surface area contributed by atoms with Gasteiger partial charge in [0.2, 0.25) is 0 Å². The third kappa shape index (κ3) is 4.05. The molecular weight excluding hydrogens is 292 g/mol. The Hall–Kier alpha value is -1.56. The van der Waals surface area contributed by atoms with E-state index in [0.29, 0.717) is 25.0 Å². The van der Waals surface area contributed by atoms with Crippen LogP contribution in [0.2, 0.25) is 0 Å². The fourth-order valence-electron chi connectivity index (χ4n) is 3.53. The molecule has 1 aromatic heterocycles. The maximum absolute atomic E-state index is 12.4. The van der Waals surface area contributed by atoms with Crippen LogP contribution in [0.4, 0.5) is 10.6 Å². The minimum absolute atomic E-state index is 0.0732. The summed E-state index contributed by atoms with van der Waals surface area (Å²) in [4.78, 5) is 14.3. The summed E-state index contributed by atoms with van der Waals surface area (Å²) in [5.41, 5.74) is 1.13. The Morgan fingerprint density at radius 1 is 1.26 bits per heavy atom. The standard InChI is InChI=1S/C17H28N4O2/c1-13-12-16(19-21(13)15-6-4-3-5-7-15)18-17(22)20-9-8-14(2)23-11-10-20/h12,14-15H,3-11H2,1-2H3,(H,18,19,22). The average Bonchev–Trinajstić information content (AvgIpc) is 2.77. The molecule has 6 heteroatoms. The number of ether oxygens (including phenoxy) is 1. The van der Waals surface area contributed by atoms with Gasteiger partial charge in [0.1, 0.15) is 0 Å². The zero-order valence-electron chi connectivity index (χ0n) is 14.3. The lowest BCUT2D eigenvalue weighted by atomic mass is 9.95. The number of nitrogens with one attached hydrogen (secondary N) is 1. The van der Waals surface area contributed by atoms with Gasteiger partial charge in [0.05, 0.1) is 18.8 Å². The number of aryl methyl sites for hydroxylation is 1. The topological polar surface area (TPSA) is 59.4 Å². The van der Waals surface area contributed by atoms with Gasteiger partial charge >= 0.3 is 6.03 Å². The van der Waals surface area contributed by atoms with Gasteiger partial charge in [-0.25, -0.2) is 4.79 Å². The van der Waals surface area contributed by atoms with Crippen LogP contribution in [0.5, 0.6) is 0 Å². The number of amides is 2. The largest absolute Gasteiger partial charge is 0.377 e. The zero-order chi connectivity index (χ0) is 16.2. The van der Waals surface area contributed by atoms with E-state index in [0.717, 1.165) is 18.7 Å². The second-order valence-corrected chi connectivity index (χ2v) is 6.79. The van der Waals surface area contributed by atoms with Gasteiger partial charge in [0.25, 0.3) is 0 Å². The Labute approximate surface area is 138 Å². The highest BCUT2D eigenvalue weighted by atomic mass is 16.5. The molecule has 0 aromatic carbocycles. The van der Waals surface area contributed by atoms with Gasteiger partial charge in [-0.3, -0.25) is 10.00 Å². The summed E-state index contributed by atoms with van der Waals surface area (Å²) in [6.07, 6.45) is 7.36. The van der Waals surface area contributed by atoms with Crippen LogP contribution in [0.25, 0.3) is 0 Å². The molecule has 1 atom stereocenters. The van der Waals surface area contributed by atoms with Crippen molar-refractivity contribution in [2.45, 2.75) is 64.5 Å². The van der Waals surface area contributed by atoms with Gasteiger partial charge in [-0.05, 0) is 33.1 Å². The first-order valence-electron chi connectivity index (χ1n) is 8.87. The lowest BCUT2D eigenvalue weighted by Gasteiger charge is -2.23. The first kappa shape index (κ1) is 16.3. The first-order chi connectivity index (χ1) is 11.1. The van der Waals surface area contributed by atoms with E-state index < -0.39 is 0 Å². The molecule has 1 saturated carbocycles. The van der Waals surface area contributed by atoms with Gasteiger partial charge in [-0.15, -0.1) is 0 Å². The molecule has 128 valence electrons. The minimum Gasteiger partial charge on any atom is -0.377 e.